The summed E-state index contributed by atoms with van der Waals surface area (Å²) in [5.41, 5.74) is -0.746. The lowest BCUT2D eigenvalue weighted by atomic mass is 9.62. The van der Waals surface area contributed by atoms with Crippen molar-refractivity contribution in [3.63, 3.8) is 0 Å². The molecule has 1 aliphatic heterocycles. The van der Waals surface area contributed by atoms with Crippen LogP contribution in [-0.2, 0) is 19.6 Å². The number of carbonyl (C=O) groups is 2. The van der Waals surface area contributed by atoms with Crippen LogP contribution >= 0.6 is 0 Å². The summed E-state index contributed by atoms with van der Waals surface area (Å²) < 4.78 is 27.1. The first kappa shape index (κ1) is 18.8. The van der Waals surface area contributed by atoms with Gasteiger partial charge in [0, 0.05) is 12.5 Å². The van der Waals surface area contributed by atoms with Crippen LogP contribution in [0.3, 0.4) is 0 Å². The monoisotopic (exact) mass is 376 g/mol. The lowest BCUT2D eigenvalue weighted by Gasteiger charge is -2.47. The summed E-state index contributed by atoms with van der Waals surface area (Å²) in [6.07, 6.45) is 2.77. The number of anilines is 1. The van der Waals surface area contributed by atoms with Crippen LogP contribution in [0.4, 0.5) is 5.69 Å². The van der Waals surface area contributed by atoms with Gasteiger partial charge in [0.2, 0.25) is 21.8 Å². The molecule has 1 aliphatic carbocycles. The number of hydrogen-bond donors (Lipinski definition) is 1. The second kappa shape index (κ2) is 6.03. The minimum atomic E-state index is -3.74. The van der Waals surface area contributed by atoms with E-state index in [4.69, 9.17) is 0 Å². The van der Waals surface area contributed by atoms with Crippen LogP contribution in [0.15, 0.2) is 41.8 Å². The molecule has 1 aromatic rings. The molecule has 7 heteroatoms. The van der Waals surface area contributed by atoms with E-state index in [2.05, 4.69) is 11.3 Å². The summed E-state index contributed by atoms with van der Waals surface area (Å²) in [6, 6.07) is 5.96. The van der Waals surface area contributed by atoms with E-state index in [1.165, 1.54) is 23.1 Å². The van der Waals surface area contributed by atoms with Crippen LogP contribution in [0.2, 0.25) is 0 Å². The molecule has 2 amide bonds. The number of amides is 2. The van der Waals surface area contributed by atoms with Crippen LogP contribution in [0.25, 0.3) is 0 Å². The molecular formula is C19H24N2O4S. The fraction of sp³-hybridized carbons (Fsp3) is 0.474. The minimum Gasteiger partial charge on any atom is -0.274 e. The molecule has 2 aliphatic rings. The van der Waals surface area contributed by atoms with Gasteiger partial charge in [0.05, 0.1) is 16.0 Å². The van der Waals surface area contributed by atoms with Gasteiger partial charge < -0.3 is 0 Å². The summed E-state index contributed by atoms with van der Waals surface area (Å²) in [5.74, 6) is -0.747. The number of hydrogen-bond acceptors (Lipinski definition) is 4. The Kier molecular flexibility index (Phi) is 4.36. The van der Waals surface area contributed by atoms with Crippen LogP contribution in [0.1, 0.15) is 33.6 Å². The summed E-state index contributed by atoms with van der Waals surface area (Å²) in [5, 5.41) is 0. The molecule has 2 bridgehead atoms. The SMILES string of the molecule is C=CCNS(=O)(=O)c1cccc(N2C(=O)[C@H]3CC[C@@](C)(C2=O)C3(C)C)c1. The van der Waals surface area contributed by atoms with E-state index in [-0.39, 0.29) is 29.2 Å². The number of rotatable bonds is 5. The Morgan fingerprint density at radius 2 is 2.00 bits per heavy atom. The first-order chi connectivity index (χ1) is 12.1. The lowest BCUT2D eigenvalue weighted by molar-refractivity contribution is -0.146. The molecule has 6 nitrogen and oxygen atoms in total. The number of piperidine rings is 1. The Balaban J connectivity index is 2.03. The van der Waals surface area contributed by atoms with Crippen molar-refractivity contribution in [1.82, 2.24) is 4.72 Å². The van der Waals surface area contributed by atoms with Gasteiger partial charge in [-0.05, 0) is 36.5 Å². The predicted molar refractivity (Wildman–Crippen MR) is 98.9 cm³/mol. The average molecular weight is 376 g/mol. The molecule has 0 spiro atoms. The molecule has 1 N–H and O–H groups in total. The molecule has 0 unspecified atom stereocenters. The molecule has 2 atom stereocenters. The van der Waals surface area contributed by atoms with E-state index in [9.17, 15) is 18.0 Å². The van der Waals surface area contributed by atoms with Crippen molar-refractivity contribution >= 4 is 27.5 Å². The number of sulfonamides is 1. The fourth-order valence-electron chi connectivity index (χ4n) is 4.10. The number of nitrogens with zero attached hydrogens (tertiary/aromatic N) is 1. The average Bonchev–Trinajstić information content (AvgIpc) is 2.77. The summed E-state index contributed by atoms with van der Waals surface area (Å²) >= 11 is 0. The van der Waals surface area contributed by atoms with Gasteiger partial charge in [-0.2, -0.15) is 0 Å². The van der Waals surface area contributed by atoms with Crippen molar-refractivity contribution in [2.75, 3.05) is 11.4 Å². The van der Waals surface area contributed by atoms with Crippen LogP contribution in [0, 0.1) is 16.7 Å². The minimum absolute atomic E-state index is 0.0137. The van der Waals surface area contributed by atoms with Crippen molar-refractivity contribution in [1.29, 1.82) is 0 Å². The third kappa shape index (κ3) is 2.53. The van der Waals surface area contributed by atoms with E-state index in [1.54, 1.807) is 12.1 Å². The number of carbonyl (C=O) groups excluding carboxylic acids is 2. The van der Waals surface area contributed by atoms with Crippen molar-refractivity contribution in [3.8, 4) is 0 Å². The molecule has 1 saturated heterocycles. The largest absolute Gasteiger partial charge is 0.274 e. The van der Waals surface area contributed by atoms with Gasteiger partial charge >= 0.3 is 0 Å². The molecular weight excluding hydrogens is 352 g/mol. The van der Waals surface area contributed by atoms with E-state index in [0.717, 1.165) is 0 Å². The molecule has 0 aromatic heterocycles. The summed E-state index contributed by atoms with van der Waals surface area (Å²) in [4.78, 5) is 27.4. The molecule has 0 radical (unpaired) electrons. The Hall–Kier alpha value is -1.99. The first-order valence-corrected chi connectivity index (χ1v) is 10.1. The second-order valence-corrected chi connectivity index (χ2v) is 9.53. The Morgan fingerprint density at radius 3 is 2.65 bits per heavy atom. The Bertz CT molecular complexity index is 891. The maximum Gasteiger partial charge on any atom is 0.240 e. The highest BCUT2D eigenvalue weighted by Crippen LogP contribution is 2.60. The third-order valence-corrected chi connectivity index (χ3v) is 7.64. The van der Waals surface area contributed by atoms with E-state index in [0.29, 0.717) is 18.5 Å². The number of benzene rings is 1. The molecule has 3 rings (SSSR count). The quantitative estimate of drug-likeness (QED) is 0.632. The van der Waals surface area contributed by atoms with Gasteiger partial charge in [-0.1, -0.05) is 32.9 Å². The van der Waals surface area contributed by atoms with Gasteiger partial charge in [0.1, 0.15) is 0 Å². The fourth-order valence-corrected chi connectivity index (χ4v) is 5.14. The third-order valence-electron chi connectivity index (χ3n) is 6.22. The van der Waals surface area contributed by atoms with Gasteiger partial charge in [0.25, 0.3) is 0 Å². The van der Waals surface area contributed by atoms with Crippen molar-refractivity contribution in [2.24, 2.45) is 16.7 Å². The zero-order chi connectivity index (χ0) is 19.3. The first-order valence-electron chi connectivity index (χ1n) is 8.65. The van der Waals surface area contributed by atoms with E-state index in [1.807, 2.05) is 20.8 Å². The van der Waals surface area contributed by atoms with Crippen LogP contribution < -0.4 is 9.62 Å². The highest BCUT2D eigenvalue weighted by atomic mass is 32.2. The zero-order valence-electron chi connectivity index (χ0n) is 15.3. The molecule has 1 saturated carbocycles. The Morgan fingerprint density at radius 1 is 1.31 bits per heavy atom. The maximum atomic E-state index is 13.2. The molecule has 2 fully saturated rings. The summed E-state index contributed by atoms with van der Waals surface area (Å²) in [7, 11) is -3.74. The standard InChI is InChI=1S/C19H24N2O4S/c1-5-11-20-26(24,25)14-8-6-7-13(12-14)21-16(22)15-9-10-19(4,17(21)23)18(15,2)3/h5-8,12,15,20H,1,9-11H2,2-4H3/t15-,19+/m1/s1. The number of fused-ring (bicyclic) bond motifs is 2. The van der Waals surface area contributed by atoms with Gasteiger partial charge in [0.15, 0.2) is 0 Å². The molecule has 1 aromatic carbocycles. The highest BCUT2D eigenvalue weighted by molar-refractivity contribution is 7.89. The molecule has 140 valence electrons. The van der Waals surface area contributed by atoms with Gasteiger partial charge in [-0.25, -0.2) is 18.0 Å². The maximum absolute atomic E-state index is 13.2. The van der Waals surface area contributed by atoms with Crippen molar-refractivity contribution in [2.45, 2.75) is 38.5 Å². The van der Waals surface area contributed by atoms with Crippen molar-refractivity contribution in [3.05, 3.63) is 36.9 Å². The molecule has 26 heavy (non-hydrogen) atoms. The highest BCUT2D eigenvalue weighted by Gasteiger charge is 2.64. The smallest absolute Gasteiger partial charge is 0.240 e. The second-order valence-electron chi connectivity index (χ2n) is 7.76. The predicted octanol–water partition coefficient (Wildman–Crippen LogP) is 2.47. The lowest BCUT2D eigenvalue weighted by Crippen LogP contribution is -2.59. The van der Waals surface area contributed by atoms with E-state index < -0.39 is 20.9 Å². The van der Waals surface area contributed by atoms with Crippen molar-refractivity contribution < 1.29 is 18.0 Å². The Labute approximate surface area is 154 Å². The number of imide groups is 1. The van der Waals surface area contributed by atoms with E-state index >= 15 is 0 Å². The zero-order valence-corrected chi connectivity index (χ0v) is 16.1. The molecule has 1 heterocycles. The topological polar surface area (TPSA) is 83.6 Å². The normalized spacial score (nSPS) is 27.7. The number of nitrogens with one attached hydrogen (secondary N) is 1. The summed E-state index contributed by atoms with van der Waals surface area (Å²) in [6.45, 7) is 9.43. The van der Waals surface area contributed by atoms with Gasteiger partial charge in [-0.3, -0.25) is 9.59 Å². The van der Waals surface area contributed by atoms with Crippen LogP contribution in [-0.4, -0.2) is 26.8 Å². The van der Waals surface area contributed by atoms with Gasteiger partial charge in [-0.15, -0.1) is 6.58 Å². The van der Waals surface area contributed by atoms with Crippen LogP contribution in [0.5, 0.6) is 0 Å².